The molecule has 0 saturated carbocycles. The van der Waals surface area contributed by atoms with Gasteiger partial charge in [0.1, 0.15) is 5.82 Å². The lowest BCUT2D eigenvalue weighted by molar-refractivity contribution is 0.693. The topological polar surface area (TPSA) is 30.7 Å². The second-order valence-corrected chi connectivity index (χ2v) is 15.5. The fourth-order valence-electron chi connectivity index (χ4n) is 9.36. The van der Waals surface area contributed by atoms with Gasteiger partial charge in [-0.1, -0.05) is 151 Å². The molecule has 1 unspecified atom stereocenters. The monoisotopic (exact) mass is 769 g/mol. The first-order valence-corrected chi connectivity index (χ1v) is 20.5. The third-order valence-corrected chi connectivity index (χ3v) is 12.1. The minimum Gasteiger partial charge on any atom is -0.292 e. The van der Waals surface area contributed by atoms with Crippen molar-refractivity contribution >= 4 is 21.8 Å². The highest BCUT2D eigenvalue weighted by Gasteiger charge is 2.48. The van der Waals surface area contributed by atoms with Crippen LogP contribution < -0.4 is 0 Å². The van der Waals surface area contributed by atoms with Crippen LogP contribution in [-0.2, 0) is 5.41 Å². The first-order valence-electron chi connectivity index (χ1n) is 20.5. The van der Waals surface area contributed by atoms with E-state index < -0.39 is 5.41 Å². The Morgan fingerprint density at radius 2 is 1.15 bits per heavy atom. The van der Waals surface area contributed by atoms with E-state index in [2.05, 4.69) is 213 Å². The second-order valence-electron chi connectivity index (χ2n) is 15.5. The summed E-state index contributed by atoms with van der Waals surface area (Å²) in [5, 5.41) is 2.49. The van der Waals surface area contributed by atoms with Crippen molar-refractivity contribution in [3.8, 4) is 50.5 Å². The molecule has 286 valence electrons. The molecule has 11 rings (SSSR count). The zero-order valence-corrected chi connectivity index (χ0v) is 33.6. The number of para-hydroxylation sites is 2. The largest absolute Gasteiger partial charge is 0.292 e. The Morgan fingerprint density at radius 1 is 0.533 bits per heavy atom. The lowest BCUT2D eigenvalue weighted by Gasteiger charge is -2.35. The van der Waals surface area contributed by atoms with Gasteiger partial charge in [0, 0.05) is 17.4 Å². The van der Waals surface area contributed by atoms with Crippen LogP contribution >= 0.6 is 0 Å². The molecule has 0 radical (unpaired) electrons. The Bertz CT molecular complexity index is 3150. The van der Waals surface area contributed by atoms with Crippen LogP contribution in [-0.4, -0.2) is 14.5 Å². The van der Waals surface area contributed by atoms with Gasteiger partial charge >= 0.3 is 0 Å². The van der Waals surface area contributed by atoms with Crippen LogP contribution in [0.25, 0.3) is 72.3 Å². The molecule has 2 aliphatic carbocycles. The summed E-state index contributed by atoms with van der Waals surface area (Å²) < 4.78 is 2.27. The number of rotatable bonds is 6. The number of imidazole rings is 1. The molecule has 0 bridgehead atoms. The van der Waals surface area contributed by atoms with Crippen LogP contribution in [0.2, 0.25) is 0 Å². The Labute approximate surface area is 351 Å². The van der Waals surface area contributed by atoms with E-state index in [0.717, 1.165) is 45.8 Å². The van der Waals surface area contributed by atoms with E-state index in [4.69, 9.17) is 9.97 Å². The molecule has 0 saturated heterocycles. The van der Waals surface area contributed by atoms with E-state index in [1.807, 2.05) is 18.3 Å². The van der Waals surface area contributed by atoms with Gasteiger partial charge in [0.25, 0.3) is 0 Å². The van der Waals surface area contributed by atoms with Crippen LogP contribution in [0.1, 0.15) is 30.2 Å². The van der Waals surface area contributed by atoms with Crippen molar-refractivity contribution in [1.29, 1.82) is 0 Å². The average Bonchev–Trinajstić information content (AvgIpc) is 3.75. The lowest BCUT2D eigenvalue weighted by atomic mass is 9.67. The molecule has 7 aromatic carbocycles. The van der Waals surface area contributed by atoms with Gasteiger partial charge in [-0.15, -0.1) is 13.2 Å². The van der Waals surface area contributed by atoms with Crippen molar-refractivity contribution in [3.63, 3.8) is 0 Å². The first-order chi connectivity index (χ1) is 29.6. The van der Waals surface area contributed by atoms with Gasteiger partial charge in [-0.25, -0.2) is 4.98 Å². The SMILES string of the molecule is C=C.CC1=CC=CC=C(C2(c3ccccn3)c3cc(-c4ccc(-n5c(-c6ccccc6)nc6ccccc65)cc4)ccc3-c3ccc(-c4ccc5ccccc5c4)cc32)C1. The van der Waals surface area contributed by atoms with Crippen LogP contribution in [0.15, 0.2) is 231 Å². The molecule has 0 fully saturated rings. The Morgan fingerprint density at radius 3 is 1.90 bits per heavy atom. The predicted octanol–water partition coefficient (Wildman–Crippen LogP) is 14.5. The van der Waals surface area contributed by atoms with E-state index in [1.54, 1.807) is 0 Å². The minimum atomic E-state index is -0.612. The summed E-state index contributed by atoms with van der Waals surface area (Å²) in [4.78, 5) is 10.3. The maximum Gasteiger partial charge on any atom is 0.145 e. The third-order valence-electron chi connectivity index (χ3n) is 12.1. The van der Waals surface area contributed by atoms with E-state index in [1.165, 1.54) is 60.9 Å². The number of aromatic nitrogens is 3. The molecule has 2 heterocycles. The highest BCUT2D eigenvalue weighted by molar-refractivity contribution is 5.92. The Kier molecular flexibility index (Phi) is 9.35. The van der Waals surface area contributed by atoms with Crippen LogP contribution in [0, 0.1) is 0 Å². The molecule has 0 spiro atoms. The quantitative estimate of drug-likeness (QED) is 0.158. The zero-order valence-electron chi connectivity index (χ0n) is 33.6. The minimum absolute atomic E-state index is 0.612. The molecule has 2 aromatic heterocycles. The normalized spacial score (nSPS) is 15.3. The predicted molar refractivity (Wildman–Crippen MR) is 251 cm³/mol. The maximum absolute atomic E-state index is 5.21. The van der Waals surface area contributed by atoms with Gasteiger partial charge in [0.15, 0.2) is 0 Å². The molecule has 60 heavy (non-hydrogen) atoms. The summed E-state index contributed by atoms with van der Waals surface area (Å²) in [7, 11) is 0. The number of pyridine rings is 1. The van der Waals surface area contributed by atoms with Crippen molar-refractivity contribution in [2.75, 3.05) is 0 Å². The Hall–Kier alpha value is -7.62. The number of allylic oxidation sites excluding steroid dienone is 6. The molecule has 0 N–H and O–H groups in total. The molecular weight excluding hydrogens is 727 g/mol. The van der Waals surface area contributed by atoms with E-state index >= 15 is 0 Å². The summed E-state index contributed by atoms with van der Waals surface area (Å²) in [6.07, 6.45) is 11.7. The van der Waals surface area contributed by atoms with Crippen molar-refractivity contribution < 1.29 is 0 Å². The summed E-state index contributed by atoms with van der Waals surface area (Å²) >= 11 is 0. The first kappa shape index (κ1) is 36.7. The van der Waals surface area contributed by atoms with Gasteiger partial charge < -0.3 is 0 Å². The molecule has 3 nitrogen and oxygen atoms in total. The molecule has 2 aliphatic rings. The third kappa shape index (κ3) is 6.06. The van der Waals surface area contributed by atoms with Gasteiger partial charge in [-0.2, -0.15) is 0 Å². The van der Waals surface area contributed by atoms with Crippen LogP contribution in [0.4, 0.5) is 0 Å². The highest BCUT2D eigenvalue weighted by Crippen LogP contribution is 2.58. The number of fused-ring (bicyclic) bond motifs is 5. The summed E-state index contributed by atoms with van der Waals surface area (Å²) in [6, 6.07) is 63.7. The van der Waals surface area contributed by atoms with Crippen molar-refractivity contribution in [3.05, 3.63) is 248 Å². The van der Waals surface area contributed by atoms with Crippen molar-refractivity contribution in [2.24, 2.45) is 0 Å². The van der Waals surface area contributed by atoms with Gasteiger partial charge in [-0.3, -0.25) is 9.55 Å². The van der Waals surface area contributed by atoms with E-state index in [-0.39, 0.29) is 0 Å². The number of nitrogens with zero attached hydrogens (tertiary/aromatic N) is 3. The van der Waals surface area contributed by atoms with Crippen LogP contribution in [0.3, 0.4) is 0 Å². The van der Waals surface area contributed by atoms with Gasteiger partial charge in [-0.05, 0) is 129 Å². The molecule has 1 atom stereocenters. The van der Waals surface area contributed by atoms with Crippen molar-refractivity contribution in [2.45, 2.75) is 18.8 Å². The maximum atomic E-state index is 5.21. The number of hydrogen-bond acceptors (Lipinski definition) is 2. The zero-order chi connectivity index (χ0) is 40.6. The molecule has 3 heteroatoms. The van der Waals surface area contributed by atoms with E-state index in [0.29, 0.717) is 0 Å². The lowest BCUT2D eigenvalue weighted by Crippen LogP contribution is -2.31. The summed E-state index contributed by atoms with van der Waals surface area (Å²) in [5.74, 6) is 0.933. The van der Waals surface area contributed by atoms with Gasteiger partial charge in [0.05, 0.1) is 22.1 Å². The van der Waals surface area contributed by atoms with E-state index in [9.17, 15) is 0 Å². The van der Waals surface area contributed by atoms with Crippen molar-refractivity contribution in [1.82, 2.24) is 14.5 Å². The van der Waals surface area contributed by atoms with Crippen LogP contribution in [0.5, 0.6) is 0 Å². The molecule has 0 aliphatic heterocycles. The summed E-state index contributed by atoms with van der Waals surface area (Å²) in [5.41, 5.74) is 17.1. The molecule has 9 aromatic rings. The molecular formula is C57H43N3. The number of hydrogen-bond donors (Lipinski definition) is 0. The molecule has 0 amide bonds. The van der Waals surface area contributed by atoms with Gasteiger partial charge in [0.2, 0.25) is 0 Å². The fourth-order valence-corrected chi connectivity index (χ4v) is 9.36. The second kappa shape index (κ2) is 15.3. The highest BCUT2D eigenvalue weighted by atomic mass is 15.1. The standard InChI is InChI=1S/C55H39N3.C2H4/c1-37-13-5-8-18-45(33-37)55(53-21-11-12-32-56-53)49-35-43(26-30-47(49)48-31-27-44(36-50(48)55)42-23-22-38-14-6-7-17-41(38)34-42)39-24-28-46(29-25-39)58-52-20-10-9-19-51(52)57-54(58)40-15-3-2-4-16-40;1-2/h2-32,34-36H,33H2,1H3;1-2H2. The summed E-state index contributed by atoms with van der Waals surface area (Å²) in [6.45, 7) is 8.24. The average molecular weight is 770 g/mol. The smallest absolute Gasteiger partial charge is 0.145 e. The number of benzene rings is 7. The Balaban J connectivity index is 0.00000213. The fraction of sp³-hybridized carbons (Fsp3) is 0.0526.